The molecule has 0 aliphatic carbocycles. The van der Waals surface area contributed by atoms with E-state index < -0.39 is 0 Å². The summed E-state index contributed by atoms with van der Waals surface area (Å²) in [5.74, 6) is 2.38. The van der Waals surface area contributed by atoms with Crippen molar-refractivity contribution in [2.45, 2.75) is 18.9 Å². The summed E-state index contributed by atoms with van der Waals surface area (Å²) >= 11 is 0. The van der Waals surface area contributed by atoms with Crippen molar-refractivity contribution in [1.82, 2.24) is 9.97 Å². The van der Waals surface area contributed by atoms with Crippen LogP contribution in [0.1, 0.15) is 12.8 Å². The van der Waals surface area contributed by atoms with Gasteiger partial charge in [0.2, 0.25) is 0 Å². The molecule has 5 nitrogen and oxygen atoms in total. The van der Waals surface area contributed by atoms with Crippen molar-refractivity contribution in [3.05, 3.63) is 48.5 Å². The first kappa shape index (κ1) is 15.8. The van der Waals surface area contributed by atoms with E-state index in [2.05, 4.69) is 5.32 Å². The number of para-hydroxylation sites is 1. The number of benzene rings is 2. The molecule has 2 heterocycles. The molecule has 0 spiro atoms. The number of nitrogens with zero attached hydrogens (tertiary/aromatic N) is 2. The third-order valence-electron chi connectivity index (χ3n) is 4.47. The zero-order valence-corrected chi connectivity index (χ0v) is 14.2. The van der Waals surface area contributed by atoms with Crippen LogP contribution in [0.25, 0.3) is 22.3 Å². The maximum absolute atomic E-state index is 5.71. The standard InChI is InChI=1S/C20H21N3O2/c1-24-15-10-8-14(9-11-15)19-22-18-7-3-2-6-17(18)20(23-19)21-13-16-5-4-12-25-16/h2-3,6-11,16H,4-5,12-13H2,1H3,(H,21,22,23)/t16-/m0/s1. The van der Waals surface area contributed by atoms with Crippen LogP contribution < -0.4 is 10.1 Å². The average Bonchev–Trinajstić information content (AvgIpc) is 3.19. The lowest BCUT2D eigenvalue weighted by Gasteiger charge is -2.14. The highest BCUT2D eigenvalue weighted by molar-refractivity contribution is 5.90. The Labute approximate surface area is 147 Å². The van der Waals surface area contributed by atoms with E-state index in [9.17, 15) is 0 Å². The second kappa shape index (κ2) is 7.07. The maximum atomic E-state index is 5.71. The summed E-state index contributed by atoms with van der Waals surface area (Å²) in [6.07, 6.45) is 2.49. The summed E-state index contributed by atoms with van der Waals surface area (Å²) in [5.41, 5.74) is 1.89. The van der Waals surface area contributed by atoms with Crippen LogP contribution in [-0.4, -0.2) is 36.3 Å². The van der Waals surface area contributed by atoms with Gasteiger partial charge < -0.3 is 14.8 Å². The molecule has 1 fully saturated rings. The van der Waals surface area contributed by atoms with Gasteiger partial charge in [-0.2, -0.15) is 0 Å². The second-order valence-corrected chi connectivity index (χ2v) is 6.16. The molecule has 1 saturated heterocycles. The Hall–Kier alpha value is -2.66. The number of ether oxygens (including phenoxy) is 2. The van der Waals surface area contributed by atoms with Crippen molar-refractivity contribution in [2.24, 2.45) is 0 Å². The van der Waals surface area contributed by atoms with Gasteiger partial charge in [-0.25, -0.2) is 9.97 Å². The van der Waals surface area contributed by atoms with Crippen LogP contribution in [0.15, 0.2) is 48.5 Å². The fraction of sp³-hybridized carbons (Fsp3) is 0.300. The first-order valence-electron chi connectivity index (χ1n) is 8.60. The number of anilines is 1. The average molecular weight is 335 g/mol. The third-order valence-corrected chi connectivity index (χ3v) is 4.47. The summed E-state index contributed by atoms with van der Waals surface area (Å²) in [6, 6.07) is 15.9. The van der Waals surface area contributed by atoms with Crippen molar-refractivity contribution in [2.75, 3.05) is 25.6 Å². The summed E-state index contributed by atoms with van der Waals surface area (Å²) in [7, 11) is 1.66. The fourth-order valence-corrected chi connectivity index (χ4v) is 3.10. The van der Waals surface area contributed by atoms with Crippen molar-refractivity contribution < 1.29 is 9.47 Å². The molecular formula is C20H21N3O2. The van der Waals surface area contributed by atoms with Gasteiger partial charge in [-0.05, 0) is 49.2 Å². The Morgan fingerprint density at radius 3 is 2.72 bits per heavy atom. The van der Waals surface area contributed by atoms with Crippen molar-refractivity contribution in [1.29, 1.82) is 0 Å². The zero-order chi connectivity index (χ0) is 17.1. The van der Waals surface area contributed by atoms with Crippen LogP contribution in [-0.2, 0) is 4.74 Å². The molecule has 1 N–H and O–H groups in total. The van der Waals surface area contributed by atoms with Crippen LogP contribution in [0, 0.1) is 0 Å². The molecule has 1 atom stereocenters. The van der Waals surface area contributed by atoms with E-state index >= 15 is 0 Å². The fourth-order valence-electron chi connectivity index (χ4n) is 3.10. The highest BCUT2D eigenvalue weighted by Crippen LogP contribution is 2.26. The van der Waals surface area contributed by atoms with Gasteiger partial charge in [-0.1, -0.05) is 12.1 Å². The number of rotatable bonds is 5. The first-order chi connectivity index (χ1) is 12.3. The molecule has 0 amide bonds. The highest BCUT2D eigenvalue weighted by Gasteiger charge is 2.16. The van der Waals surface area contributed by atoms with Gasteiger partial charge in [0.15, 0.2) is 5.82 Å². The maximum Gasteiger partial charge on any atom is 0.162 e. The van der Waals surface area contributed by atoms with Crippen molar-refractivity contribution in [3.8, 4) is 17.1 Å². The molecule has 0 radical (unpaired) electrons. The van der Waals surface area contributed by atoms with Crippen LogP contribution in [0.4, 0.5) is 5.82 Å². The smallest absolute Gasteiger partial charge is 0.162 e. The van der Waals surface area contributed by atoms with Crippen LogP contribution in [0.5, 0.6) is 5.75 Å². The molecule has 4 rings (SSSR count). The molecular weight excluding hydrogens is 314 g/mol. The second-order valence-electron chi connectivity index (χ2n) is 6.16. The number of aromatic nitrogens is 2. The number of hydrogen-bond donors (Lipinski definition) is 1. The normalized spacial score (nSPS) is 16.9. The summed E-state index contributed by atoms with van der Waals surface area (Å²) in [6.45, 7) is 1.62. The molecule has 0 bridgehead atoms. The van der Waals surface area contributed by atoms with Crippen LogP contribution in [0.3, 0.4) is 0 Å². The van der Waals surface area contributed by atoms with E-state index in [1.165, 1.54) is 0 Å². The molecule has 128 valence electrons. The number of methoxy groups -OCH3 is 1. The van der Waals surface area contributed by atoms with Crippen molar-refractivity contribution in [3.63, 3.8) is 0 Å². The molecule has 2 aromatic carbocycles. The highest BCUT2D eigenvalue weighted by atomic mass is 16.5. The van der Waals surface area contributed by atoms with Crippen molar-refractivity contribution >= 4 is 16.7 Å². The Morgan fingerprint density at radius 2 is 1.96 bits per heavy atom. The SMILES string of the molecule is COc1ccc(-c2nc(NC[C@@H]3CCCO3)c3ccccc3n2)cc1. The molecule has 1 aliphatic rings. The van der Waals surface area contributed by atoms with Gasteiger partial charge in [0.1, 0.15) is 11.6 Å². The quantitative estimate of drug-likeness (QED) is 0.766. The predicted octanol–water partition coefficient (Wildman–Crippen LogP) is 3.90. The van der Waals surface area contributed by atoms with E-state index in [4.69, 9.17) is 19.4 Å². The molecule has 1 aromatic heterocycles. The summed E-state index contributed by atoms with van der Waals surface area (Å²) < 4.78 is 10.9. The van der Waals surface area contributed by atoms with Crippen LogP contribution in [0.2, 0.25) is 0 Å². The minimum absolute atomic E-state index is 0.262. The zero-order valence-electron chi connectivity index (χ0n) is 14.2. The van der Waals surface area contributed by atoms with Crippen LogP contribution >= 0.6 is 0 Å². The van der Waals surface area contributed by atoms with Gasteiger partial charge in [-0.15, -0.1) is 0 Å². The molecule has 5 heteroatoms. The van der Waals surface area contributed by atoms with Gasteiger partial charge in [0, 0.05) is 24.1 Å². The first-order valence-corrected chi connectivity index (χ1v) is 8.60. The lowest BCUT2D eigenvalue weighted by Crippen LogP contribution is -2.19. The predicted molar refractivity (Wildman–Crippen MR) is 99.0 cm³/mol. The monoisotopic (exact) mass is 335 g/mol. The van der Waals surface area contributed by atoms with E-state index in [1.807, 2.05) is 48.5 Å². The Kier molecular flexibility index (Phi) is 4.48. The van der Waals surface area contributed by atoms with E-state index in [0.717, 1.165) is 54.0 Å². The number of nitrogens with one attached hydrogen (secondary N) is 1. The van der Waals surface area contributed by atoms with Gasteiger partial charge in [0.05, 0.1) is 18.7 Å². The molecule has 3 aromatic rings. The summed E-state index contributed by atoms with van der Waals surface area (Å²) in [4.78, 5) is 9.49. The van der Waals surface area contributed by atoms with Gasteiger partial charge in [0.25, 0.3) is 0 Å². The minimum atomic E-state index is 0.262. The van der Waals surface area contributed by atoms with Gasteiger partial charge in [-0.3, -0.25) is 0 Å². The third kappa shape index (κ3) is 3.42. The number of hydrogen-bond acceptors (Lipinski definition) is 5. The van der Waals surface area contributed by atoms with E-state index in [-0.39, 0.29) is 6.10 Å². The Balaban J connectivity index is 1.69. The molecule has 1 aliphatic heterocycles. The topological polar surface area (TPSA) is 56.3 Å². The molecule has 0 unspecified atom stereocenters. The largest absolute Gasteiger partial charge is 0.497 e. The lowest BCUT2D eigenvalue weighted by atomic mass is 10.1. The van der Waals surface area contributed by atoms with E-state index in [1.54, 1.807) is 7.11 Å². The summed E-state index contributed by atoms with van der Waals surface area (Å²) in [5, 5.41) is 4.49. The molecule has 25 heavy (non-hydrogen) atoms. The minimum Gasteiger partial charge on any atom is -0.497 e. The number of fused-ring (bicyclic) bond motifs is 1. The Bertz CT molecular complexity index is 858. The molecule has 0 saturated carbocycles. The van der Waals surface area contributed by atoms with Gasteiger partial charge >= 0.3 is 0 Å². The lowest BCUT2D eigenvalue weighted by molar-refractivity contribution is 0.120. The Morgan fingerprint density at radius 1 is 1.12 bits per heavy atom. The van der Waals surface area contributed by atoms with E-state index in [0.29, 0.717) is 5.82 Å².